The van der Waals surface area contributed by atoms with Crippen LogP contribution < -0.4 is 4.90 Å². The van der Waals surface area contributed by atoms with E-state index in [9.17, 15) is 5.26 Å². The Bertz CT molecular complexity index is 688. The monoisotopic (exact) mass is 326 g/mol. The quantitative estimate of drug-likeness (QED) is 0.753. The summed E-state index contributed by atoms with van der Waals surface area (Å²) < 4.78 is 0.854. The van der Waals surface area contributed by atoms with Gasteiger partial charge in [0, 0.05) is 16.2 Å². The molecule has 0 N–H and O–H groups in total. The molecule has 0 aromatic heterocycles. The van der Waals surface area contributed by atoms with Crippen LogP contribution in [0.15, 0.2) is 46.9 Å². The molecular weight excluding hydrogens is 312 g/mol. The third kappa shape index (κ3) is 2.10. The Morgan fingerprint density at radius 3 is 2.70 bits per heavy atom. The molecule has 3 rings (SSSR count). The van der Waals surface area contributed by atoms with Gasteiger partial charge >= 0.3 is 0 Å². The average Bonchev–Trinajstić information content (AvgIpc) is 2.47. The summed E-state index contributed by atoms with van der Waals surface area (Å²) in [6.07, 6.45) is 2.21. The van der Waals surface area contributed by atoms with E-state index in [1.807, 2.05) is 18.2 Å². The maximum absolute atomic E-state index is 9.46. The van der Waals surface area contributed by atoms with Gasteiger partial charge in [-0.1, -0.05) is 24.3 Å². The Balaban J connectivity index is 2.20. The number of nitrogens with zero attached hydrogens (tertiary/aromatic N) is 2. The molecule has 2 aromatic carbocycles. The van der Waals surface area contributed by atoms with Crippen LogP contribution in [0.25, 0.3) is 0 Å². The number of rotatable bonds is 1. The summed E-state index contributed by atoms with van der Waals surface area (Å²) in [5.41, 5.74) is 4.27. The lowest BCUT2D eigenvalue weighted by atomic mass is 9.95. The minimum Gasteiger partial charge on any atom is -0.337 e. The van der Waals surface area contributed by atoms with E-state index < -0.39 is 0 Å². The fourth-order valence-electron chi connectivity index (χ4n) is 2.88. The first-order chi connectivity index (χ1) is 9.72. The molecule has 0 radical (unpaired) electrons. The molecule has 0 aliphatic carbocycles. The molecule has 2 aromatic rings. The zero-order valence-corrected chi connectivity index (χ0v) is 12.9. The minimum atomic E-state index is 0.395. The van der Waals surface area contributed by atoms with Crippen LogP contribution in [0, 0.1) is 11.3 Å². The topological polar surface area (TPSA) is 27.0 Å². The number of aryl methyl sites for hydroxylation is 1. The maximum Gasteiger partial charge on any atom is 0.103 e. The molecule has 3 heteroatoms. The molecule has 1 atom stereocenters. The molecule has 0 amide bonds. The predicted molar refractivity (Wildman–Crippen MR) is 85.2 cm³/mol. The standard InChI is InChI=1S/C17H15BrN2/c1-12-9-10-13-5-2-3-7-16(13)20(12)17-8-4-6-15(18)14(17)11-19/h2-8,12H,9-10H2,1H3. The van der Waals surface area contributed by atoms with Gasteiger partial charge in [-0.15, -0.1) is 0 Å². The van der Waals surface area contributed by atoms with Crippen molar-refractivity contribution in [3.05, 3.63) is 58.1 Å². The summed E-state index contributed by atoms with van der Waals surface area (Å²) >= 11 is 3.48. The predicted octanol–water partition coefficient (Wildman–Crippen LogP) is 4.79. The number of hydrogen-bond donors (Lipinski definition) is 0. The van der Waals surface area contributed by atoms with Gasteiger partial charge in [0.05, 0.1) is 11.3 Å². The number of fused-ring (bicyclic) bond motifs is 1. The number of nitriles is 1. The first kappa shape index (κ1) is 13.2. The Labute approximate surface area is 127 Å². The van der Waals surface area contributed by atoms with Gasteiger partial charge in [-0.3, -0.25) is 0 Å². The molecule has 2 nitrogen and oxygen atoms in total. The zero-order valence-electron chi connectivity index (χ0n) is 11.3. The third-order valence-corrected chi connectivity index (χ3v) is 4.55. The van der Waals surface area contributed by atoms with Crippen LogP contribution in [0.3, 0.4) is 0 Å². The second-order valence-electron chi connectivity index (χ2n) is 5.13. The van der Waals surface area contributed by atoms with E-state index in [0.717, 1.165) is 23.0 Å². The first-order valence-electron chi connectivity index (χ1n) is 6.78. The van der Waals surface area contributed by atoms with Gasteiger partial charge < -0.3 is 4.90 Å². The van der Waals surface area contributed by atoms with E-state index in [1.54, 1.807) is 0 Å². The summed E-state index contributed by atoms with van der Waals surface area (Å²) in [4.78, 5) is 2.29. The summed E-state index contributed by atoms with van der Waals surface area (Å²) in [5, 5.41) is 9.46. The minimum absolute atomic E-state index is 0.395. The van der Waals surface area contributed by atoms with Gasteiger partial charge in [0.15, 0.2) is 0 Å². The highest BCUT2D eigenvalue weighted by Gasteiger charge is 2.26. The van der Waals surface area contributed by atoms with Crippen molar-refractivity contribution in [1.82, 2.24) is 0 Å². The Hall–Kier alpha value is -1.79. The zero-order chi connectivity index (χ0) is 14.1. The normalized spacial score (nSPS) is 17.4. The van der Waals surface area contributed by atoms with Crippen LogP contribution >= 0.6 is 15.9 Å². The molecule has 1 aliphatic heterocycles. The lowest BCUT2D eigenvalue weighted by Crippen LogP contribution is -2.33. The van der Waals surface area contributed by atoms with E-state index in [4.69, 9.17) is 0 Å². The molecule has 0 fully saturated rings. The lowest BCUT2D eigenvalue weighted by molar-refractivity contribution is 0.617. The van der Waals surface area contributed by atoms with Crippen molar-refractivity contribution in [2.75, 3.05) is 4.90 Å². The largest absolute Gasteiger partial charge is 0.337 e. The highest BCUT2D eigenvalue weighted by atomic mass is 79.9. The van der Waals surface area contributed by atoms with Crippen molar-refractivity contribution in [3.8, 4) is 6.07 Å². The second-order valence-corrected chi connectivity index (χ2v) is 5.99. The number of halogens is 1. The maximum atomic E-state index is 9.46. The number of para-hydroxylation sites is 1. The van der Waals surface area contributed by atoms with Gasteiger partial charge in [0.2, 0.25) is 0 Å². The van der Waals surface area contributed by atoms with Crippen LogP contribution in [0.2, 0.25) is 0 Å². The van der Waals surface area contributed by atoms with Crippen molar-refractivity contribution in [2.45, 2.75) is 25.8 Å². The molecule has 100 valence electrons. The lowest BCUT2D eigenvalue weighted by Gasteiger charge is -2.37. The van der Waals surface area contributed by atoms with E-state index >= 15 is 0 Å². The Morgan fingerprint density at radius 1 is 1.15 bits per heavy atom. The van der Waals surface area contributed by atoms with Crippen LogP contribution in [-0.2, 0) is 6.42 Å². The van der Waals surface area contributed by atoms with Gasteiger partial charge in [-0.2, -0.15) is 5.26 Å². The van der Waals surface area contributed by atoms with E-state index in [1.165, 1.54) is 11.3 Å². The molecule has 0 bridgehead atoms. The molecule has 0 saturated carbocycles. The molecular formula is C17H15BrN2. The molecule has 20 heavy (non-hydrogen) atoms. The fourth-order valence-corrected chi connectivity index (χ4v) is 3.32. The van der Waals surface area contributed by atoms with Gasteiger partial charge in [0.1, 0.15) is 6.07 Å². The number of hydrogen-bond acceptors (Lipinski definition) is 2. The van der Waals surface area contributed by atoms with Gasteiger partial charge in [-0.05, 0) is 59.5 Å². The van der Waals surface area contributed by atoms with Crippen molar-refractivity contribution >= 4 is 27.3 Å². The van der Waals surface area contributed by atoms with E-state index in [2.05, 4.69) is 58.1 Å². The van der Waals surface area contributed by atoms with Gasteiger partial charge in [-0.25, -0.2) is 0 Å². The van der Waals surface area contributed by atoms with Crippen molar-refractivity contribution in [1.29, 1.82) is 5.26 Å². The van der Waals surface area contributed by atoms with Crippen molar-refractivity contribution < 1.29 is 0 Å². The fraction of sp³-hybridized carbons (Fsp3) is 0.235. The Morgan fingerprint density at radius 2 is 1.90 bits per heavy atom. The summed E-state index contributed by atoms with van der Waals surface area (Å²) in [5.74, 6) is 0. The molecule has 1 heterocycles. The van der Waals surface area contributed by atoms with Gasteiger partial charge in [0.25, 0.3) is 0 Å². The molecule has 1 unspecified atom stereocenters. The SMILES string of the molecule is CC1CCc2ccccc2N1c1cccc(Br)c1C#N. The van der Waals surface area contributed by atoms with Crippen molar-refractivity contribution in [3.63, 3.8) is 0 Å². The van der Waals surface area contributed by atoms with Crippen LogP contribution in [0.1, 0.15) is 24.5 Å². The summed E-state index contributed by atoms with van der Waals surface area (Å²) in [6, 6.07) is 17.1. The van der Waals surface area contributed by atoms with Crippen LogP contribution in [0.5, 0.6) is 0 Å². The number of benzene rings is 2. The number of anilines is 2. The molecule has 0 saturated heterocycles. The summed E-state index contributed by atoms with van der Waals surface area (Å²) in [7, 11) is 0. The average molecular weight is 327 g/mol. The highest BCUT2D eigenvalue weighted by molar-refractivity contribution is 9.10. The highest BCUT2D eigenvalue weighted by Crippen LogP contribution is 2.39. The second kappa shape index (κ2) is 5.30. The summed E-state index contributed by atoms with van der Waals surface area (Å²) in [6.45, 7) is 2.22. The van der Waals surface area contributed by atoms with E-state index in [0.29, 0.717) is 11.6 Å². The third-order valence-electron chi connectivity index (χ3n) is 3.89. The van der Waals surface area contributed by atoms with E-state index in [-0.39, 0.29) is 0 Å². The van der Waals surface area contributed by atoms with Crippen LogP contribution in [-0.4, -0.2) is 6.04 Å². The first-order valence-corrected chi connectivity index (χ1v) is 7.57. The van der Waals surface area contributed by atoms with Crippen molar-refractivity contribution in [2.24, 2.45) is 0 Å². The van der Waals surface area contributed by atoms with Crippen LogP contribution in [0.4, 0.5) is 11.4 Å². The molecule has 0 spiro atoms. The smallest absolute Gasteiger partial charge is 0.103 e. The molecule has 1 aliphatic rings. The Kier molecular flexibility index (Phi) is 3.50.